The van der Waals surface area contributed by atoms with Crippen LogP contribution in [0.5, 0.6) is 0 Å². The first-order valence-electron chi connectivity index (χ1n) is 40.0. The topological polar surface area (TPSA) is 368 Å². The third-order valence-electron chi connectivity index (χ3n) is 17.3. The zero-order valence-electron chi connectivity index (χ0n) is 77.2. The number of carbonyl (C=O) groups is 14. The maximum Gasteiger partial charge on any atom is 0.405 e. The van der Waals surface area contributed by atoms with Crippen LogP contribution in [0.2, 0.25) is 0 Å². The number of carbonyl (C=O) groups excluding carboxylic acids is 14. The van der Waals surface area contributed by atoms with Gasteiger partial charge >= 0.3 is 95.9 Å². The molecule has 0 aliphatic rings. The molecule has 0 N–H and O–H groups in total. The predicted molar refractivity (Wildman–Crippen MR) is 413 cm³/mol. The second-order valence-electron chi connectivity index (χ2n) is 33.2. The minimum atomic E-state index is -5.32. The minimum Gasteiger partial charge on any atom is -0.465 e. The normalized spacial score (nSPS) is 12.5. The van der Waals surface area contributed by atoms with Crippen LogP contribution < -0.4 is 0 Å². The molecule has 0 aliphatic heterocycles. The van der Waals surface area contributed by atoms with Crippen molar-refractivity contribution in [1.29, 1.82) is 0 Å². The molecule has 0 aromatic heterocycles. The lowest BCUT2D eigenvalue weighted by Crippen LogP contribution is -2.37. The number of halogens is 21. The molecule has 0 amide bonds. The SMILES string of the molecule is CCC(C)(C)C(=O)OCC(=O)OCC(=O)OCCC(C)(F)F.CCC(C)(C)C(=O)OCC(=O)OCC(F)(F)CC(F)(F)CC(C)(F)F.CCC(C)(C)C(=O)OCC(=O)OCC(F)(F)CC(F)(F)CC(F)(F)F.CCC(C)(C)C(=O)OCCC(=O)OC(F)(F)CC(C)(F)F.CCC(C)(C)C(=O)OCCC(=O)OCCC(C)(F)F.CCOC(=O)COC(=O)COC(=O)C(C)(C)CC. The Kier molecular flexibility index (Phi) is 59.0. The summed E-state index contributed by atoms with van der Waals surface area (Å²) in [4.78, 5) is 158. The van der Waals surface area contributed by atoms with Crippen LogP contribution in [0.4, 0.5) is 92.2 Å². The molecule has 764 valence electrons. The van der Waals surface area contributed by atoms with Crippen molar-refractivity contribution in [3.63, 3.8) is 0 Å². The van der Waals surface area contributed by atoms with Crippen LogP contribution in [0, 0.1) is 32.5 Å². The summed E-state index contributed by atoms with van der Waals surface area (Å²) in [5, 5.41) is 0. The largest absolute Gasteiger partial charge is 0.465 e. The van der Waals surface area contributed by atoms with Crippen LogP contribution in [-0.2, 0) is 133 Å². The van der Waals surface area contributed by atoms with Gasteiger partial charge in [-0.3, -0.25) is 38.4 Å². The van der Waals surface area contributed by atoms with Crippen molar-refractivity contribution >= 4 is 83.6 Å². The molecule has 0 aromatic carbocycles. The first kappa shape index (κ1) is 132. The first-order chi connectivity index (χ1) is 58.2. The molecule has 0 bridgehead atoms. The maximum absolute atomic E-state index is 13.4. The molecule has 0 saturated carbocycles. The molecule has 0 fully saturated rings. The second-order valence-corrected chi connectivity index (χ2v) is 33.2. The van der Waals surface area contributed by atoms with Gasteiger partial charge in [0.05, 0.1) is 84.4 Å². The molecule has 0 aromatic rings. The average molecular weight is 1950 g/mol. The summed E-state index contributed by atoms with van der Waals surface area (Å²) in [6.07, 6.45) is -19.7. The Hall–Kier alpha value is -8.89. The smallest absolute Gasteiger partial charge is 0.405 e. The summed E-state index contributed by atoms with van der Waals surface area (Å²) < 4.78 is 330. The Morgan fingerprint density at radius 2 is 0.446 bits per heavy atom. The van der Waals surface area contributed by atoms with Crippen molar-refractivity contribution in [2.45, 2.75) is 315 Å². The van der Waals surface area contributed by atoms with Gasteiger partial charge in [0, 0.05) is 12.8 Å². The average Bonchev–Trinajstić information content (AvgIpc) is 0.849. The van der Waals surface area contributed by atoms with E-state index in [0.29, 0.717) is 52.4 Å². The molecule has 0 radical (unpaired) electrons. The number of rotatable bonds is 51. The number of hydrogen-bond acceptors (Lipinski definition) is 28. The highest BCUT2D eigenvalue weighted by Gasteiger charge is 2.52. The van der Waals surface area contributed by atoms with Crippen molar-refractivity contribution in [3.8, 4) is 0 Å². The van der Waals surface area contributed by atoms with Crippen LogP contribution in [0.3, 0.4) is 0 Å². The fraction of sp³-hybridized carbons (Fsp3) is 0.827. The van der Waals surface area contributed by atoms with Crippen LogP contribution in [0.25, 0.3) is 0 Å². The van der Waals surface area contributed by atoms with Crippen molar-refractivity contribution in [2.24, 2.45) is 32.5 Å². The molecule has 0 atom stereocenters. The summed E-state index contributed by atoms with van der Waals surface area (Å²) in [6.45, 7) is 24.9. The lowest BCUT2D eigenvalue weighted by atomic mass is 9.91. The minimum absolute atomic E-state index is 0.0936. The number of hydrogen-bond donors (Lipinski definition) is 0. The van der Waals surface area contributed by atoms with E-state index in [-0.39, 0.29) is 39.1 Å². The summed E-state index contributed by atoms with van der Waals surface area (Å²) >= 11 is 0. The van der Waals surface area contributed by atoms with Crippen LogP contribution in [0.1, 0.15) is 256 Å². The second kappa shape index (κ2) is 58.2. The lowest BCUT2D eigenvalue weighted by molar-refractivity contribution is -0.256. The van der Waals surface area contributed by atoms with Gasteiger partial charge in [-0.1, -0.05) is 41.5 Å². The summed E-state index contributed by atoms with van der Waals surface area (Å²) in [5.74, 6) is -42.6. The number of ether oxygens (including phenoxy) is 14. The van der Waals surface area contributed by atoms with Gasteiger partial charge in [-0.05, 0) is 156 Å². The van der Waals surface area contributed by atoms with Crippen molar-refractivity contribution in [3.05, 3.63) is 0 Å². The maximum atomic E-state index is 13.4. The highest BCUT2D eigenvalue weighted by atomic mass is 19.4. The van der Waals surface area contributed by atoms with E-state index in [1.54, 1.807) is 104 Å². The third kappa shape index (κ3) is 72.8. The van der Waals surface area contributed by atoms with Crippen molar-refractivity contribution in [2.75, 3.05) is 85.9 Å². The van der Waals surface area contributed by atoms with E-state index in [1.807, 2.05) is 13.8 Å². The van der Waals surface area contributed by atoms with Gasteiger partial charge < -0.3 is 66.3 Å². The quantitative estimate of drug-likeness (QED) is 0.0310. The molecule has 0 aliphatic carbocycles. The molecular formula is C81H125F21O28. The third-order valence-corrected chi connectivity index (χ3v) is 17.3. The molecule has 0 rings (SSSR count). The Labute approximate surface area is 740 Å². The Morgan fingerprint density at radius 1 is 0.215 bits per heavy atom. The number of esters is 14. The van der Waals surface area contributed by atoms with Gasteiger partial charge in [0.2, 0.25) is 11.8 Å². The fourth-order valence-electron chi connectivity index (χ4n) is 7.16. The lowest BCUT2D eigenvalue weighted by Gasteiger charge is -2.25. The predicted octanol–water partition coefficient (Wildman–Crippen LogP) is 18.0. The molecule has 0 spiro atoms. The highest BCUT2D eigenvalue weighted by molar-refractivity contribution is 5.83. The summed E-state index contributed by atoms with van der Waals surface area (Å²) in [7, 11) is 0. The number of alkyl halides is 21. The first-order valence-corrected chi connectivity index (χ1v) is 40.0. The Morgan fingerprint density at radius 3 is 0.700 bits per heavy atom. The van der Waals surface area contributed by atoms with Gasteiger partial charge in [-0.15, -0.1) is 0 Å². The molecular weight excluding hydrogens is 1820 g/mol. The molecule has 0 saturated heterocycles. The zero-order chi connectivity index (χ0) is 104. The monoisotopic (exact) mass is 1940 g/mol. The zero-order valence-corrected chi connectivity index (χ0v) is 77.2. The van der Waals surface area contributed by atoms with Gasteiger partial charge in [0.25, 0.3) is 35.5 Å². The van der Waals surface area contributed by atoms with Crippen molar-refractivity contribution < 1.29 is 226 Å². The molecule has 130 heavy (non-hydrogen) atoms. The Bertz CT molecular complexity index is 3400. The standard InChI is InChI=1S/C15H22F6O4.C14H19F7O4.C14H22F2O6.C13H20F4O4.C13H22F2O4.C12H20O6/c1-5-12(2,3)11(23)24-6-10(22)25-9-15(20,21)8-14(18,19)7-13(4,16)17;1-4-11(2,3)10(23)24-5-9(22)25-8-13(17,18)6-12(15,16)7-14(19,20)21;1-5-13(2,3)12(19)22-9-11(18)21-8-10(17)20-7-6-14(4,15)16;1-5-11(2,3)10(19)20-7-6-9(18)21-13(16,17)8-12(4,14)15;1-5-12(2,3)11(17)19-8-6-10(16)18-9-7-13(4,14)15;1-5-12(3,4)11(15)18-8-10(14)17-7-9(13)16-6-2/h5-9H2,1-4H3;4-8H2,1-3H3;5-9H2,1-4H3;5-8H2,1-4H3;5-9H2,1-4H3;5-8H2,1-4H3. The van der Waals surface area contributed by atoms with Gasteiger partial charge in [0.1, 0.15) is 26.1 Å². The van der Waals surface area contributed by atoms with Crippen LogP contribution >= 0.6 is 0 Å². The van der Waals surface area contributed by atoms with Gasteiger partial charge in [0.15, 0.2) is 52.9 Å². The molecule has 28 nitrogen and oxygen atoms in total. The van der Waals surface area contributed by atoms with E-state index in [2.05, 4.69) is 47.4 Å². The molecule has 0 unspecified atom stereocenters. The van der Waals surface area contributed by atoms with E-state index >= 15 is 0 Å². The summed E-state index contributed by atoms with van der Waals surface area (Å²) in [5.41, 5.74) is -4.51. The Balaban J connectivity index is -0.000000356. The van der Waals surface area contributed by atoms with Crippen LogP contribution in [0.15, 0.2) is 0 Å². The highest BCUT2D eigenvalue weighted by Crippen LogP contribution is 2.41. The van der Waals surface area contributed by atoms with Gasteiger partial charge in [-0.2, -0.15) is 22.0 Å². The van der Waals surface area contributed by atoms with E-state index in [0.717, 1.165) is 6.92 Å². The van der Waals surface area contributed by atoms with E-state index in [4.69, 9.17) is 18.9 Å². The van der Waals surface area contributed by atoms with Crippen LogP contribution in [-0.4, -0.2) is 229 Å². The van der Waals surface area contributed by atoms with Gasteiger partial charge in [-0.25, -0.2) is 99.0 Å². The molecule has 49 heteroatoms. The van der Waals surface area contributed by atoms with E-state index in [9.17, 15) is 159 Å². The van der Waals surface area contributed by atoms with E-state index in [1.165, 1.54) is 13.8 Å². The van der Waals surface area contributed by atoms with Crippen molar-refractivity contribution in [1.82, 2.24) is 0 Å². The fourth-order valence-corrected chi connectivity index (χ4v) is 7.16. The molecule has 0 heterocycles. The summed E-state index contributed by atoms with van der Waals surface area (Å²) in [6, 6.07) is 0. The van der Waals surface area contributed by atoms with E-state index < -0.39 is 287 Å².